The molecule has 0 radical (unpaired) electrons. The third-order valence-electron chi connectivity index (χ3n) is 3.33. The van der Waals surface area contributed by atoms with E-state index in [1.54, 1.807) is 11.8 Å². The quantitative estimate of drug-likeness (QED) is 0.706. The molecule has 2 rings (SSSR count). The van der Waals surface area contributed by atoms with Crippen molar-refractivity contribution >= 4 is 11.6 Å². The highest BCUT2D eigenvalue weighted by molar-refractivity contribution is 5.44. The second-order valence-corrected chi connectivity index (χ2v) is 5.36. The van der Waals surface area contributed by atoms with Crippen LogP contribution in [-0.2, 0) is 0 Å². The average Bonchev–Trinajstić information content (AvgIpc) is 2.79. The van der Waals surface area contributed by atoms with Crippen molar-refractivity contribution in [3.05, 3.63) is 35.7 Å². The molecular weight excluding hydrogens is 282 g/mol. The first-order valence-corrected chi connectivity index (χ1v) is 7.31. The van der Waals surface area contributed by atoms with E-state index in [1.807, 2.05) is 42.8 Å². The lowest BCUT2D eigenvalue weighted by molar-refractivity contribution is 0.196. The lowest BCUT2D eigenvalue weighted by atomic mass is 10.3. The van der Waals surface area contributed by atoms with Crippen molar-refractivity contribution in [1.82, 2.24) is 14.9 Å². The van der Waals surface area contributed by atoms with Crippen molar-refractivity contribution in [2.24, 2.45) is 0 Å². The number of aromatic nitrogens is 3. The fraction of sp³-hybridized carbons (Fsp3) is 0.467. The van der Waals surface area contributed by atoms with Crippen LogP contribution >= 0.6 is 0 Å². The number of rotatable bonds is 7. The van der Waals surface area contributed by atoms with Crippen molar-refractivity contribution < 1.29 is 10.2 Å². The van der Waals surface area contributed by atoms with Crippen LogP contribution in [0.1, 0.15) is 18.3 Å². The molecule has 120 valence electrons. The zero-order valence-electron chi connectivity index (χ0n) is 13.2. The van der Waals surface area contributed by atoms with Gasteiger partial charge in [0.1, 0.15) is 0 Å². The first kappa shape index (κ1) is 16.3. The SMILES string of the molecule is Cc1ccc(C)n1Nc1ccc(N(CCO)CC(C)O)nn1. The Hall–Kier alpha value is -2.12. The Bertz CT molecular complexity index is 575. The van der Waals surface area contributed by atoms with Crippen LogP contribution in [0.3, 0.4) is 0 Å². The van der Waals surface area contributed by atoms with Gasteiger partial charge in [0.05, 0.1) is 12.7 Å². The molecule has 0 aliphatic rings. The largest absolute Gasteiger partial charge is 0.395 e. The number of hydrogen-bond donors (Lipinski definition) is 3. The molecule has 0 aliphatic carbocycles. The summed E-state index contributed by atoms with van der Waals surface area (Å²) in [7, 11) is 0. The predicted octanol–water partition coefficient (Wildman–Crippen LogP) is 0.950. The van der Waals surface area contributed by atoms with Crippen LogP contribution in [0.25, 0.3) is 0 Å². The minimum atomic E-state index is -0.503. The smallest absolute Gasteiger partial charge is 0.167 e. The monoisotopic (exact) mass is 305 g/mol. The molecule has 0 amide bonds. The predicted molar refractivity (Wildman–Crippen MR) is 85.9 cm³/mol. The van der Waals surface area contributed by atoms with Gasteiger partial charge in [0.2, 0.25) is 0 Å². The van der Waals surface area contributed by atoms with E-state index in [-0.39, 0.29) is 6.61 Å². The summed E-state index contributed by atoms with van der Waals surface area (Å²) in [6.07, 6.45) is -0.503. The zero-order valence-corrected chi connectivity index (χ0v) is 13.2. The van der Waals surface area contributed by atoms with Gasteiger partial charge in [-0.15, -0.1) is 10.2 Å². The van der Waals surface area contributed by atoms with E-state index >= 15 is 0 Å². The molecule has 7 heteroatoms. The molecule has 2 heterocycles. The summed E-state index contributed by atoms with van der Waals surface area (Å²) in [6, 6.07) is 7.70. The Morgan fingerprint density at radius 3 is 2.36 bits per heavy atom. The minimum absolute atomic E-state index is 0.00381. The minimum Gasteiger partial charge on any atom is -0.395 e. The molecule has 0 saturated carbocycles. The molecule has 0 aliphatic heterocycles. The van der Waals surface area contributed by atoms with Crippen LogP contribution < -0.4 is 10.3 Å². The number of aryl methyl sites for hydroxylation is 2. The maximum Gasteiger partial charge on any atom is 0.167 e. The van der Waals surface area contributed by atoms with Crippen LogP contribution in [0.5, 0.6) is 0 Å². The van der Waals surface area contributed by atoms with Crippen molar-refractivity contribution in [2.75, 3.05) is 30.0 Å². The number of hydrogen-bond acceptors (Lipinski definition) is 6. The summed E-state index contributed by atoms with van der Waals surface area (Å²) in [6.45, 7) is 6.52. The number of anilines is 2. The molecule has 3 N–H and O–H groups in total. The lowest BCUT2D eigenvalue weighted by Gasteiger charge is -2.23. The molecule has 7 nitrogen and oxygen atoms in total. The van der Waals surface area contributed by atoms with Gasteiger partial charge in [0.15, 0.2) is 11.6 Å². The molecule has 0 spiro atoms. The third-order valence-corrected chi connectivity index (χ3v) is 3.33. The van der Waals surface area contributed by atoms with Crippen molar-refractivity contribution in [3.63, 3.8) is 0 Å². The van der Waals surface area contributed by atoms with Crippen LogP contribution in [0.15, 0.2) is 24.3 Å². The van der Waals surface area contributed by atoms with Gasteiger partial charge in [-0.1, -0.05) is 0 Å². The van der Waals surface area contributed by atoms with Gasteiger partial charge in [-0.3, -0.25) is 10.1 Å². The highest BCUT2D eigenvalue weighted by atomic mass is 16.3. The van der Waals surface area contributed by atoms with Gasteiger partial charge >= 0.3 is 0 Å². The van der Waals surface area contributed by atoms with E-state index in [9.17, 15) is 5.11 Å². The van der Waals surface area contributed by atoms with Gasteiger partial charge in [-0.2, -0.15) is 0 Å². The van der Waals surface area contributed by atoms with Gasteiger partial charge in [0, 0.05) is 24.5 Å². The summed E-state index contributed by atoms with van der Waals surface area (Å²) in [5, 5.41) is 26.9. The Balaban J connectivity index is 2.12. The van der Waals surface area contributed by atoms with Gasteiger partial charge in [-0.25, -0.2) is 0 Å². The second-order valence-electron chi connectivity index (χ2n) is 5.36. The summed E-state index contributed by atoms with van der Waals surface area (Å²) >= 11 is 0. The molecule has 0 fully saturated rings. The van der Waals surface area contributed by atoms with E-state index in [1.165, 1.54) is 0 Å². The molecule has 2 aromatic heterocycles. The highest BCUT2D eigenvalue weighted by Gasteiger charge is 2.11. The number of nitrogens with zero attached hydrogens (tertiary/aromatic N) is 4. The Morgan fingerprint density at radius 1 is 1.18 bits per heavy atom. The zero-order chi connectivity index (χ0) is 16.1. The maximum absolute atomic E-state index is 9.51. The summed E-state index contributed by atoms with van der Waals surface area (Å²) in [4.78, 5) is 1.80. The fourth-order valence-corrected chi connectivity index (χ4v) is 2.25. The summed E-state index contributed by atoms with van der Waals surface area (Å²) in [5.74, 6) is 1.26. The van der Waals surface area contributed by atoms with Crippen LogP contribution in [0, 0.1) is 13.8 Å². The van der Waals surface area contributed by atoms with Crippen LogP contribution in [0.4, 0.5) is 11.6 Å². The second kappa shape index (κ2) is 7.24. The van der Waals surface area contributed by atoms with E-state index in [4.69, 9.17) is 5.11 Å². The molecule has 0 aromatic carbocycles. The van der Waals surface area contributed by atoms with Gasteiger partial charge in [0.25, 0.3) is 0 Å². The van der Waals surface area contributed by atoms with Crippen LogP contribution in [0.2, 0.25) is 0 Å². The topological polar surface area (TPSA) is 86.4 Å². The Labute approximate surface area is 130 Å². The number of aliphatic hydroxyl groups excluding tert-OH is 2. The summed E-state index contributed by atoms with van der Waals surface area (Å²) < 4.78 is 1.94. The molecule has 1 atom stereocenters. The summed E-state index contributed by atoms with van der Waals surface area (Å²) in [5.41, 5.74) is 5.35. The molecule has 0 bridgehead atoms. The average molecular weight is 305 g/mol. The third kappa shape index (κ3) is 3.96. The van der Waals surface area contributed by atoms with Crippen molar-refractivity contribution in [1.29, 1.82) is 0 Å². The fourth-order valence-electron chi connectivity index (χ4n) is 2.25. The standard InChI is InChI=1S/C15H23N5O2/c1-11-4-5-12(2)20(11)18-14-6-7-15(17-16-14)19(8-9-21)10-13(3)22/h4-7,13,21-22H,8-10H2,1-3H3,(H,16,18). The molecule has 2 aromatic rings. The van der Waals surface area contributed by atoms with E-state index in [2.05, 4.69) is 15.6 Å². The number of nitrogens with one attached hydrogen (secondary N) is 1. The molecule has 0 saturated heterocycles. The maximum atomic E-state index is 9.51. The number of aliphatic hydroxyl groups is 2. The van der Waals surface area contributed by atoms with E-state index in [0.29, 0.717) is 24.7 Å². The molecule has 1 unspecified atom stereocenters. The van der Waals surface area contributed by atoms with E-state index < -0.39 is 6.10 Å². The first-order valence-electron chi connectivity index (χ1n) is 7.31. The lowest BCUT2D eigenvalue weighted by Crippen LogP contribution is -2.34. The Kier molecular flexibility index (Phi) is 5.35. The Morgan fingerprint density at radius 2 is 1.86 bits per heavy atom. The van der Waals surface area contributed by atoms with Crippen molar-refractivity contribution in [2.45, 2.75) is 26.9 Å². The van der Waals surface area contributed by atoms with Gasteiger partial charge in [-0.05, 0) is 45.0 Å². The normalized spacial score (nSPS) is 12.2. The molecule has 22 heavy (non-hydrogen) atoms. The van der Waals surface area contributed by atoms with Crippen LogP contribution in [-0.4, -0.2) is 50.9 Å². The van der Waals surface area contributed by atoms with Crippen molar-refractivity contribution in [3.8, 4) is 0 Å². The van der Waals surface area contributed by atoms with E-state index in [0.717, 1.165) is 11.4 Å². The highest BCUT2D eigenvalue weighted by Crippen LogP contribution is 2.14. The van der Waals surface area contributed by atoms with Gasteiger partial charge < -0.3 is 15.1 Å². The molecular formula is C15H23N5O2. The first-order chi connectivity index (χ1) is 10.5.